The Bertz CT molecular complexity index is 633. The average Bonchev–Trinajstić information content (AvgIpc) is 2.69. The molecule has 3 rings (SSSR count). The minimum atomic E-state index is -0.305. The van der Waals surface area contributed by atoms with Crippen LogP contribution in [0.1, 0.15) is 26.7 Å². The van der Waals surface area contributed by atoms with Gasteiger partial charge in [0.1, 0.15) is 0 Å². The van der Waals surface area contributed by atoms with Crippen LogP contribution in [0, 0.1) is 5.92 Å². The molecular weight excluding hydrogens is 344 g/mol. The molecular formula is C20H30N4O3. The summed E-state index contributed by atoms with van der Waals surface area (Å²) in [5, 5.41) is 2.95. The smallest absolute Gasteiger partial charge is 0.409 e. The van der Waals surface area contributed by atoms with Crippen molar-refractivity contribution >= 4 is 23.5 Å². The van der Waals surface area contributed by atoms with Gasteiger partial charge in [-0.2, -0.15) is 0 Å². The van der Waals surface area contributed by atoms with Crippen molar-refractivity contribution in [1.29, 1.82) is 0 Å². The molecule has 1 aromatic rings. The monoisotopic (exact) mass is 374 g/mol. The molecule has 0 aromatic heterocycles. The lowest BCUT2D eigenvalue weighted by atomic mass is 9.99. The quantitative estimate of drug-likeness (QED) is 0.882. The molecule has 0 aliphatic carbocycles. The van der Waals surface area contributed by atoms with Crippen LogP contribution in [0.4, 0.5) is 21.0 Å². The highest BCUT2D eigenvalue weighted by molar-refractivity contribution is 5.89. The summed E-state index contributed by atoms with van der Waals surface area (Å²) in [6.45, 7) is 8.67. The average molecular weight is 374 g/mol. The van der Waals surface area contributed by atoms with Gasteiger partial charge in [-0.05, 0) is 49.9 Å². The van der Waals surface area contributed by atoms with E-state index in [1.165, 1.54) is 18.5 Å². The summed E-state index contributed by atoms with van der Waals surface area (Å²) in [7, 11) is 0. The Balaban J connectivity index is 1.48. The normalized spacial score (nSPS) is 18.4. The van der Waals surface area contributed by atoms with E-state index in [2.05, 4.69) is 29.3 Å². The van der Waals surface area contributed by atoms with Gasteiger partial charge < -0.3 is 24.8 Å². The number of piperazine rings is 1. The lowest BCUT2D eigenvalue weighted by molar-refractivity contribution is 0.0868. The van der Waals surface area contributed by atoms with E-state index in [0.717, 1.165) is 24.7 Å². The summed E-state index contributed by atoms with van der Waals surface area (Å²) >= 11 is 0. The number of hydrogen-bond acceptors (Lipinski definition) is 4. The minimum Gasteiger partial charge on any atom is -0.450 e. The number of hydrogen-bond donors (Lipinski definition) is 1. The van der Waals surface area contributed by atoms with E-state index in [0.29, 0.717) is 32.8 Å². The Labute approximate surface area is 161 Å². The molecule has 0 saturated carbocycles. The predicted molar refractivity (Wildman–Crippen MR) is 106 cm³/mol. The molecule has 3 amide bonds. The summed E-state index contributed by atoms with van der Waals surface area (Å²) in [6.07, 6.45) is 2.16. The van der Waals surface area contributed by atoms with Gasteiger partial charge in [-0.25, -0.2) is 9.59 Å². The van der Waals surface area contributed by atoms with Crippen molar-refractivity contribution in [1.82, 2.24) is 9.80 Å². The van der Waals surface area contributed by atoms with E-state index in [1.54, 1.807) is 16.7 Å². The number of rotatable bonds is 3. The van der Waals surface area contributed by atoms with Gasteiger partial charge in [-0.1, -0.05) is 6.92 Å². The fourth-order valence-corrected chi connectivity index (χ4v) is 3.53. The molecule has 2 aliphatic heterocycles. The molecule has 2 aliphatic rings. The second-order valence-electron chi connectivity index (χ2n) is 7.32. The number of carbonyl (C=O) groups is 2. The second-order valence-corrected chi connectivity index (χ2v) is 7.32. The lowest BCUT2D eigenvalue weighted by Crippen LogP contribution is -2.51. The number of piperidine rings is 1. The fourth-order valence-electron chi connectivity index (χ4n) is 3.53. The zero-order valence-electron chi connectivity index (χ0n) is 16.3. The van der Waals surface area contributed by atoms with Crippen molar-refractivity contribution in [3.05, 3.63) is 24.3 Å². The topological polar surface area (TPSA) is 65.1 Å². The van der Waals surface area contributed by atoms with Gasteiger partial charge in [0.2, 0.25) is 0 Å². The van der Waals surface area contributed by atoms with Crippen LogP contribution in [-0.2, 0) is 4.74 Å². The first-order valence-corrected chi connectivity index (χ1v) is 9.89. The molecule has 0 radical (unpaired) electrons. The van der Waals surface area contributed by atoms with Crippen molar-refractivity contribution in [2.45, 2.75) is 26.7 Å². The Kier molecular flexibility index (Phi) is 6.42. The molecule has 148 valence electrons. The maximum atomic E-state index is 12.5. The molecule has 7 nitrogen and oxygen atoms in total. The van der Waals surface area contributed by atoms with Crippen LogP contribution in [0.15, 0.2) is 24.3 Å². The number of carbonyl (C=O) groups excluding carboxylic acids is 2. The van der Waals surface area contributed by atoms with Crippen LogP contribution in [0.25, 0.3) is 0 Å². The maximum Gasteiger partial charge on any atom is 0.409 e. The third kappa shape index (κ3) is 5.05. The van der Waals surface area contributed by atoms with Crippen molar-refractivity contribution in [2.24, 2.45) is 5.92 Å². The first-order chi connectivity index (χ1) is 13.1. The van der Waals surface area contributed by atoms with E-state index in [1.807, 2.05) is 12.1 Å². The molecule has 0 spiro atoms. The highest BCUT2D eigenvalue weighted by atomic mass is 16.6. The zero-order chi connectivity index (χ0) is 19.2. The fraction of sp³-hybridized carbons (Fsp3) is 0.600. The lowest BCUT2D eigenvalue weighted by Gasteiger charge is -2.34. The van der Waals surface area contributed by atoms with E-state index in [9.17, 15) is 9.59 Å². The van der Waals surface area contributed by atoms with E-state index in [4.69, 9.17) is 4.74 Å². The molecule has 7 heteroatoms. The highest BCUT2D eigenvalue weighted by Gasteiger charge is 2.25. The Hall–Kier alpha value is -2.44. The number of nitrogens with zero attached hydrogens (tertiary/aromatic N) is 3. The number of anilines is 2. The van der Waals surface area contributed by atoms with Crippen molar-refractivity contribution in [3.8, 4) is 0 Å². The molecule has 0 unspecified atom stereocenters. The predicted octanol–water partition coefficient (Wildman–Crippen LogP) is 3.23. The van der Waals surface area contributed by atoms with Gasteiger partial charge in [0.05, 0.1) is 6.61 Å². The van der Waals surface area contributed by atoms with Gasteiger partial charge in [0.15, 0.2) is 0 Å². The molecule has 0 bridgehead atoms. The Morgan fingerprint density at radius 1 is 1.00 bits per heavy atom. The van der Waals surface area contributed by atoms with Crippen LogP contribution < -0.4 is 10.2 Å². The third-order valence-corrected chi connectivity index (χ3v) is 5.36. The van der Waals surface area contributed by atoms with Gasteiger partial charge in [0, 0.05) is 50.6 Å². The standard InChI is InChI=1S/C20H30N4O3/c1-3-27-20(26)24-14-12-23(13-15-24)19(25)21-17-4-6-18(7-5-17)22-10-8-16(2)9-11-22/h4-7,16H,3,8-15H2,1-2H3,(H,21,25). The molecule has 1 aromatic carbocycles. The van der Waals surface area contributed by atoms with Crippen molar-refractivity contribution in [2.75, 3.05) is 56.1 Å². The summed E-state index contributed by atoms with van der Waals surface area (Å²) in [6, 6.07) is 7.94. The van der Waals surface area contributed by atoms with Crippen LogP contribution in [-0.4, -0.2) is 67.8 Å². The SMILES string of the molecule is CCOC(=O)N1CCN(C(=O)Nc2ccc(N3CCC(C)CC3)cc2)CC1. The molecule has 0 atom stereocenters. The summed E-state index contributed by atoms with van der Waals surface area (Å²) in [4.78, 5) is 30.0. The first-order valence-electron chi connectivity index (χ1n) is 9.89. The van der Waals surface area contributed by atoms with Crippen LogP contribution >= 0.6 is 0 Å². The first kappa shape index (κ1) is 19.3. The second kappa shape index (κ2) is 8.97. The van der Waals surface area contributed by atoms with Gasteiger partial charge >= 0.3 is 12.1 Å². The third-order valence-electron chi connectivity index (χ3n) is 5.36. The molecule has 1 N–H and O–H groups in total. The number of urea groups is 1. The zero-order valence-corrected chi connectivity index (χ0v) is 16.3. The van der Waals surface area contributed by atoms with Crippen LogP contribution in [0.3, 0.4) is 0 Å². The molecule has 2 saturated heterocycles. The summed E-state index contributed by atoms with van der Waals surface area (Å²) in [5.74, 6) is 0.809. The largest absolute Gasteiger partial charge is 0.450 e. The van der Waals surface area contributed by atoms with Gasteiger partial charge in [-0.3, -0.25) is 0 Å². The number of ether oxygens (including phenoxy) is 1. The molecule has 2 heterocycles. The van der Waals surface area contributed by atoms with Crippen molar-refractivity contribution in [3.63, 3.8) is 0 Å². The number of nitrogens with one attached hydrogen (secondary N) is 1. The number of benzene rings is 1. The van der Waals surface area contributed by atoms with E-state index in [-0.39, 0.29) is 12.1 Å². The molecule has 27 heavy (non-hydrogen) atoms. The Morgan fingerprint density at radius 2 is 1.59 bits per heavy atom. The van der Waals surface area contributed by atoms with Gasteiger partial charge in [-0.15, -0.1) is 0 Å². The molecule has 2 fully saturated rings. The van der Waals surface area contributed by atoms with Crippen LogP contribution in [0.2, 0.25) is 0 Å². The Morgan fingerprint density at radius 3 is 2.19 bits per heavy atom. The van der Waals surface area contributed by atoms with Crippen LogP contribution in [0.5, 0.6) is 0 Å². The minimum absolute atomic E-state index is 0.127. The van der Waals surface area contributed by atoms with E-state index >= 15 is 0 Å². The summed E-state index contributed by atoms with van der Waals surface area (Å²) in [5.41, 5.74) is 2.00. The van der Waals surface area contributed by atoms with Crippen molar-refractivity contribution < 1.29 is 14.3 Å². The highest BCUT2D eigenvalue weighted by Crippen LogP contribution is 2.24. The number of amides is 3. The van der Waals surface area contributed by atoms with E-state index < -0.39 is 0 Å². The maximum absolute atomic E-state index is 12.5. The summed E-state index contributed by atoms with van der Waals surface area (Å²) < 4.78 is 5.00. The van der Waals surface area contributed by atoms with Gasteiger partial charge in [0.25, 0.3) is 0 Å².